The van der Waals surface area contributed by atoms with Gasteiger partial charge in [-0.15, -0.1) is 0 Å². The molecular weight excluding hydrogens is 307 g/mol. The maximum atomic E-state index is 13.2. The van der Waals surface area contributed by atoms with Gasteiger partial charge in [0.05, 0.1) is 10.5 Å². The molecule has 0 amide bonds. The van der Waals surface area contributed by atoms with Gasteiger partial charge in [0.15, 0.2) is 0 Å². The standard InChI is InChI=1S/C12H16F3N3O2S/c1-17-4-6-18(7-5-17)11-3-2-9(21(16,19)20)8-10(11)12(13,14)15/h2-3,8H,4-7H2,1H3,(H2,16,19,20). The minimum atomic E-state index is -4.64. The molecule has 0 radical (unpaired) electrons. The van der Waals surface area contributed by atoms with E-state index in [1.54, 1.807) is 4.90 Å². The summed E-state index contributed by atoms with van der Waals surface area (Å²) in [6.45, 7) is 2.20. The minimum Gasteiger partial charge on any atom is -0.368 e. The molecule has 0 bridgehead atoms. The molecule has 1 aromatic rings. The number of nitrogens with two attached hydrogens (primary N) is 1. The van der Waals surface area contributed by atoms with Crippen LogP contribution in [0.25, 0.3) is 0 Å². The Morgan fingerprint density at radius 3 is 2.19 bits per heavy atom. The fourth-order valence-electron chi connectivity index (χ4n) is 2.24. The number of rotatable bonds is 2. The Balaban J connectivity index is 2.46. The Morgan fingerprint density at radius 2 is 1.71 bits per heavy atom. The van der Waals surface area contributed by atoms with E-state index >= 15 is 0 Å². The molecule has 2 rings (SSSR count). The lowest BCUT2D eigenvalue weighted by molar-refractivity contribution is -0.137. The Labute approximate surface area is 121 Å². The van der Waals surface area contributed by atoms with E-state index in [9.17, 15) is 21.6 Å². The lowest BCUT2D eigenvalue weighted by Crippen LogP contribution is -2.45. The highest BCUT2D eigenvalue weighted by atomic mass is 32.2. The van der Waals surface area contributed by atoms with Crippen molar-refractivity contribution in [3.8, 4) is 0 Å². The Kier molecular flexibility index (Phi) is 4.18. The average molecular weight is 323 g/mol. The fourth-order valence-corrected chi connectivity index (χ4v) is 2.78. The largest absolute Gasteiger partial charge is 0.418 e. The van der Waals surface area contributed by atoms with E-state index < -0.39 is 26.7 Å². The summed E-state index contributed by atoms with van der Waals surface area (Å²) in [5.74, 6) is 0. The molecule has 1 heterocycles. The van der Waals surface area contributed by atoms with Crippen LogP contribution in [-0.4, -0.2) is 46.5 Å². The van der Waals surface area contributed by atoms with Gasteiger partial charge in [-0.2, -0.15) is 13.2 Å². The summed E-state index contributed by atoms with van der Waals surface area (Å²) in [5, 5.41) is 4.90. The number of anilines is 1. The summed E-state index contributed by atoms with van der Waals surface area (Å²) in [6.07, 6.45) is -4.64. The summed E-state index contributed by atoms with van der Waals surface area (Å²) < 4.78 is 62.0. The minimum absolute atomic E-state index is 0.0111. The fraction of sp³-hybridized carbons (Fsp3) is 0.500. The number of benzene rings is 1. The van der Waals surface area contributed by atoms with Gasteiger partial charge in [0.2, 0.25) is 10.0 Å². The molecule has 0 aliphatic carbocycles. The molecule has 0 unspecified atom stereocenters. The Bertz CT molecular complexity index is 623. The third-order valence-electron chi connectivity index (χ3n) is 3.45. The topological polar surface area (TPSA) is 66.6 Å². The molecule has 9 heteroatoms. The summed E-state index contributed by atoms with van der Waals surface area (Å²) in [4.78, 5) is 3.09. The van der Waals surface area contributed by atoms with Crippen LogP contribution in [0.15, 0.2) is 23.1 Å². The van der Waals surface area contributed by atoms with Gasteiger partial charge in [-0.1, -0.05) is 0 Å². The molecule has 5 nitrogen and oxygen atoms in total. The van der Waals surface area contributed by atoms with Gasteiger partial charge in [0, 0.05) is 31.9 Å². The summed E-state index contributed by atoms with van der Waals surface area (Å²) in [5.41, 5.74) is -0.985. The molecule has 0 spiro atoms. The maximum absolute atomic E-state index is 13.2. The number of nitrogens with zero attached hydrogens (tertiary/aromatic N) is 2. The highest BCUT2D eigenvalue weighted by Gasteiger charge is 2.36. The quantitative estimate of drug-likeness (QED) is 0.885. The molecule has 1 fully saturated rings. The zero-order valence-electron chi connectivity index (χ0n) is 11.4. The first-order valence-corrected chi connectivity index (χ1v) is 7.81. The molecule has 2 N–H and O–H groups in total. The van der Waals surface area contributed by atoms with Crippen LogP contribution < -0.4 is 10.0 Å². The zero-order chi connectivity index (χ0) is 15.8. The number of alkyl halides is 3. The van der Waals surface area contributed by atoms with E-state index in [2.05, 4.69) is 0 Å². The smallest absolute Gasteiger partial charge is 0.368 e. The lowest BCUT2D eigenvalue weighted by Gasteiger charge is -2.35. The van der Waals surface area contributed by atoms with Gasteiger partial charge < -0.3 is 9.80 Å². The van der Waals surface area contributed by atoms with E-state index in [1.807, 2.05) is 11.9 Å². The monoisotopic (exact) mass is 323 g/mol. The summed E-state index contributed by atoms with van der Waals surface area (Å²) >= 11 is 0. The third-order valence-corrected chi connectivity index (χ3v) is 4.36. The van der Waals surface area contributed by atoms with Crippen LogP contribution in [0.3, 0.4) is 0 Å². The lowest BCUT2D eigenvalue weighted by atomic mass is 10.1. The number of piperazine rings is 1. The van der Waals surface area contributed by atoms with Crippen LogP contribution in [0.4, 0.5) is 18.9 Å². The molecule has 1 aromatic carbocycles. The predicted octanol–water partition coefficient (Wildman–Crippen LogP) is 1.10. The molecule has 118 valence electrons. The second kappa shape index (κ2) is 5.47. The van der Waals surface area contributed by atoms with Crippen molar-refractivity contribution in [1.29, 1.82) is 0 Å². The highest BCUT2D eigenvalue weighted by molar-refractivity contribution is 7.89. The van der Waals surface area contributed by atoms with Crippen molar-refractivity contribution in [3.63, 3.8) is 0 Å². The van der Waals surface area contributed by atoms with Crippen LogP contribution >= 0.6 is 0 Å². The molecule has 0 aromatic heterocycles. The number of likely N-dealkylation sites (N-methyl/N-ethyl adjacent to an activating group) is 1. The van der Waals surface area contributed by atoms with E-state index in [-0.39, 0.29) is 5.69 Å². The number of hydrogen-bond donors (Lipinski definition) is 1. The van der Waals surface area contributed by atoms with Crippen molar-refractivity contribution in [2.45, 2.75) is 11.1 Å². The van der Waals surface area contributed by atoms with Gasteiger partial charge in [-0.05, 0) is 25.2 Å². The second-order valence-corrected chi connectivity index (χ2v) is 6.57. The number of hydrogen-bond acceptors (Lipinski definition) is 4. The van der Waals surface area contributed by atoms with Crippen molar-refractivity contribution < 1.29 is 21.6 Å². The highest BCUT2D eigenvalue weighted by Crippen LogP contribution is 2.38. The van der Waals surface area contributed by atoms with Crippen LogP contribution in [0.5, 0.6) is 0 Å². The normalized spacial score (nSPS) is 18.0. The Hall–Kier alpha value is -1.32. The van der Waals surface area contributed by atoms with Crippen LogP contribution in [-0.2, 0) is 16.2 Å². The maximum Gasteiger partial charge on any atom is 0.418 e. The number of halogens is 3. The van der Waals surface area contributed by atoms with Crippen LogP contribution in [0.2, 0.25) is 0 Å². The van der Waals surface area contributed by atoms with Gasteiger partial charge in [-0.25, -0.2) is 13.6 Å². The van der Waals surface area contributed by atoms with Gasteiger partial charge in [-0.3, -0.25) is 0 Å². The van der Waals surface area contributed by atoms with Crippen LogP contribution in [0, 0.1) is 0 Å². The van der Waals surface area contributed by atoms with Crippen molar-refractivity contribution in [2.75, 3.05) is 38.1 Å². The Morgan fingerprint density at radius 1 is 1.14 bits per heavy atom. The average Bonchev–Trinajstić information content (AvgIpc) is 2.37. The summed E-state index contributed by atoms with van der Waals surface area (Å²) in [6, 6.07) is 2.88. The first-order valence-electron chi connectivity index (χ1n) is 6.26. The first kappa shape index (κ1) is 16.1. The molecule has 0 atom stereocenters. The van der Waals surface area contributed by atoms with Gasteiger partial charge in [0.25, 0.3) is 0 Å². The van der Waals surface area contributed by atoms with Crippen molar-refractivity contribution >= 4 is 15.7 Å². The molecule has 0 saturated carbocycles. The van der Waals surface area contributed by atoms with Crippen molar-refractivity contribution in [3.05, 3.63) is 23.8 Å². The van der Waals surface area contributed by atoms with Gasteiger partial charge >= 0.3 is 6.18 Å². The van der Waals surface area contributed by atoms with E-state index in [4.69, 9.17) is 5.14 Å². The van der Waals surface area contributed by atoms with Crippen molar-refractivity contribution in [1.82, 2.24) is 4.90 Å². The molecule has 1 aliphatic heterocycles. The van der Waals surface area contributed by atoms with E-state index in [0.717, 1.165) is 6.07 Å². The molecule has 21 heavy (non-hydrogen) atoms. The number of primary sulfonamides is 1. The first-order chi connectivity index (χ1) is 9.59. The van der Waals surface area contributed by atoms with Gasteiger partial charge in [0.1, 0.15) is 0 Å². The summed E-state index contributed by atoms with van der Waals surface area (Å²) in [7, 11) is -2.27. The SMILES string of the molecule is CN1CCN(c2ccc(S(N)(=O)=O)cc2C(F)(F)F)CC1. The molecule has 1 saturated heterocycles. The van der Waals surface area contributed by atoms with E-state index in [0.29, 0.717) is 32.2 Å². The molecule has 1 aliphatic rings. The third kappa shape index (κ3) is 3.66. The second-order valence-electron chi connectivity index (χ2n) is 5.01. The number of sulfonamides is 1. The molecular formula is C12H16F3N3O2S. The van der Waals surface area contributed by atoms with Crippen molar-refractivity contribution in [2.24, 2.45) is 5.14 Å². The van der Waals surface area contributed by atoms with Crippen LogP contribution in [0.1, 0.15) is 5.56 Å². The zero-order valence-corrected chi connectivity index (χ0v) is 12.2. The predicted molar refractivity (Wildman–Crippen MR) is 72.5 cm³/mol. The van der Waals surface area contributed by atoms with E-state index in [1.165, 1.54) is 6.07 Å².